The molecule has 0 spiro atoms. The molecule has 0 aromatic carbocycles. The molecule has 15 heavy (non-hydrogen) atoms. The van der Waals surface area contributed by atoms with Gasteiger partial charge in [-0.3, -0.25) is 4.79 Å². The number of carboxylic acid groups (broad SMARTS) is 1. The van der Waals surface area contributed by atoms with Gasteiger partial charge in [0.1, 0.15) is 0 Å². The maximum atomic E-state index is 11.4. The molecule has 0 unspecified atom stereocenters. The van der Waals surface area contributed by atoms with Gasteiger partial charge in [-0.2, -0.15) is 0 Å². The van der Waals surface area contributed by atoms with E-state index in [-0.39, 0.29) is 5.41 Å². The number of aliphatic hydroxyl groups is 1. The summed E-state index contributed by atoms with van der Waals surface area (Å²) in [6.07, 6.45) is 4.49. The quantitative estimate of drug-likeness (QED) is 0.737. The molecule has 2 saturated carbocycles. The van der Waals surface area contributed by atoms with E-state index in [1.54, 1.807) is 0 Å². The lowest BCUT2D eigenvalue weighted by Crippen LogP contribution is -2.61. The van der Waals surface area contributed by atoms with Crippen LogP contribution < -0.4 is 0 Å². The van der Waals surface area contributed by atoms with Crippen molar-refractivity contribution in [1.29, 1.82) is 0 Å². The highest BCUT2D eigenvalue weighted by Gasteiger charge is 2.65. The average molecular weight is 212 g/mol. The molecule has 0 radical (unpaired) electrons. The van der Waals surface area contributed by atoms with E-state index < -0.39 is 17.0 Å². The Bertz CT molecular complexity index is 279. The lowest BCUT2D eigenvalue weighted by molar-refractivity contribution is -0.204. The molecule has 0 saturated heterocycles. The predicted molar refractivity (Wildman–Crippen MR) is 56.5 cm³/mol. The van der Waals surface area contributed by atoms with Crippen molar-refractivity contribution < 1.29 is 15.0 Å². The van der Waals surface area contributed by atoms with Gasteiger partial charge in [-0.05, 0) is 31.1 Å². The van der Waals surface area contributed by atoms with Crippen LogP contribution >= 0.6 is 0 Å². The van der Waals surface area contributed by atoms with Crippen molar-refractivity contribution in [3.8, 4) is 0 Å². The van der Waals surface area contributed by atoms with Crippen LogP contribution in [0.1, 0.15) is 52.4 Å². The maximum Gasteiger partial charge on any atom is 0.312 e. The van der Waals surface area contributed by atoms with Crippen LogP contribution in [0.2, 0.25) is 0 Å². The standard InChI is InChI=1S/C12H20O3/c1-10(2)7-11(8-10,9(13)14)12(15)5-3-4-6-12/h15H,3-8H2,1-2H3,(H,13,14). The third-order valence-corrected chi connectivity index (χ3v) is 4.29. The summed E-state index contributed by atoms with van der Waals surface area (Å²) in [7, 11) is 0. The van der Waals surface area contributed by atoms with Gasteiger partial charge in [0.15, 0.2) is 0 Å². The van der Waals surface area contributed by atoms with Gasteiger partial charge in [-0.15, -0.1) is 0 Å². The molecular weight excluding hydrogens is 192 g/mol. The monoisotopic (exact) mass is 212 g/mol. The zero-order valence-electron chi connectivity index (χ0n) is 9.55. The number of hydrogen-bond donors (Lipinski definition) is 2. The Morgan fingerprint density at radius 1 is 1.13 bits per heavy atom. The van der Waals surface area contributed by atoms with Gasteiger partial charge in [-0.1, -0.05) is 26.7 Å². The third-order valence-electron chi connectivity index (χ3n) is 4.29. The predicted octanol–water partition coefficient (Wildman–Crippen LogP) is 2.18. The third kappa shape index (κ3) is 1.40. The Hall–Kier alpha value is -0.570. The zero-order valence-corrected chi connectivity index (χ0v) is 9.55. The van der Waals surface area contributed by atoms with E-state index in [0.29, 0.717) is 25.7 Å². The minimum absolute atomic E-state index is 0.0801. The number of hydrogen-bond acceptors (Lipinski definition) is 2. The maximum absolute atomic E-state index is 11.4. The van der Waals surface area contributed by atoms with Gasteiger partial charge >= 0.3 is 5.97 Å². The molecule has 0 aromatic heterocycles. The van der Waals surface area contributed by atoms with E-state index in [4.69, 9.17) is 0 Å². The highest BCUT2D eigenvalue weighted by atomic mass is 16.4. The molecule has 3 nitrogen and oxygen atoms in total. The molecule has 3 heteroatoms. The number of rotatable bonds is 2. The van der Waals surface area contributed by atoms with E-state index in [2.05, 4.69) is 13.8 Å². The second kappa shape index (κ2) is 2.97. The van der Waals surface area contributed by atoms with Gasteiger partial charge in [-0.25, -0.2) is 0 Å². The number of carbonyl (C=O) groups is 1. The SMILES string of the molecule is CC1(C)CC(C(=O)O)(C2(O)CCCC2)C1. The first-order chi connectivity index (χ1) is 6.81. The summed E-state index contributed by atoms with van der Waals surface area (Å²) >= 11 is 0. The summed E-state index contributed by atoms with van der Waals surface area (Å²) in [5.74, 6) is -0.800. The van der Waals surface area contributed by atoms with Crippen molar-refractivity contribution in [3.63, 3.8) is 0 Å². The van der Waals surface area contributed by atoms with Crippen LogP contribution in [-0.2, 0) is 4.79 Å². The molecule has 0 heterocycles. The van der Waals surface area contributed by atoms with E-state index in [9.17, 15) is 15.0 Å². The Kier molecular flexibility index (Phi) is 2.16. The minimum Gasteiger partial charge on any atom is -0.481 e. The van der Waals surface area contributed by atoms with Gasteiger partial charge in [0.25, 0.3) is 0 Å². The van der Waals surface area contributed by atoms with Crippen LogP contribution in [0, 0.1) is 10.8 Å². The molecule has 2 aliphatic rings. The summed E-state index contributed by atoms with van der Waals surface area (Å²) < 4.78 is 0. The summed E-state index contributed by atoms with van der Waals surface area (Å²) in [6.45, 7) is 4.15. The summed E-state index contributed by atoms with van der Waals surface area (Å²) in [6, 6.07) is 0. The van der Waals surface area contributed by atoms with Crippen molar-refractivity contribution in [3.05, 3.63) is 0 Å². The van der Waals surface area contributed by atoms with Crippen molar-refractivity contribution in [1.82, 2.24) is 0 Å². The first kappa shape index (κ1) is 10.9. The van der Waals surface area contributed by atoms with Crippen LogP contribution in [0.4, 0.5) is 0 Å². The number of aliphatic carboxylic acids is 1. The molecule has 0 amide bonds. The van der Waals surface area contributed by atoms with Crippen LogP contribution in [0.5, 0.6) is 0 Å². The smallest absolute Gasteiger partial charge is 0.312 e. The van der Waals surface area contributed by atoms with E-state index in [1.807, 2.05) is 0 Å². The fourth-order valence-electron chi connectivity index (χ4n) is 3.70. The molecule has 86 valence electrons. The zero-order chi connectivity index (χ0) is 11.3. The molecule has 2 aliphatic carbocycles. The molecule has 2 rings (SSSR count). The van der Waals surface area contributed by atoms with Gasteiger partial charge in [0, 0.05) is 0 Å². The van der Waals surface area contributed by atoms with Gasteiger partial charge in [0.2, 0.25) is 0 Å². The Balaban J connectivity index is 2.26. The molecule has 2 fully saturated rings. The van der Waals surface area contributed by atoms with E-state index in [0.717, 1.165) is 12.8 Å². The van der Waals surface area contributed by atoms with Crippen LogP contribution in [-0.4, -0.2) is 21.8 Å². The Labute approximate surface area is 90.5 Å². The normalized spacial score (nSPS) is 30.9. The van der Waals surface area contributed by atoms with Crippen molar-refractivity contribution in [2.45, 2.75) is 58.0 Å². The fraction of sp³-hybridized carbons (Fsp3) is 0.917. The lowest BCUT2D eigenvalue weighted by Gasteiger charge is -2.57. The van der Waals surface area contributed by atoms with E-state index >= 15 is 0 Å². The molecule has 0 atom stereocenters. The largest absolute Gasteiger partial charge is 0.481 e. The van der Waals surface area contributed by atoms with Crippen LogP contribution in [0.15, 0.2) is 0 Å². The van der Waals surface area contributed by atoms with Crippen molar-refractivity contribution in [2.24, 2.45) is 10.8 Å². The highest BCUT2D eigenvalue weighted by Crippen LogP contribution is 2.63. The van der Waals surface area contributed by atoms with Gasteiger partial charge < -0.3 is 10.2 Å². The number of carboxylic acids is 1. The lowest BCUT2D eigenvalue weighted by atomic mass is 9.48. The van der Waals surface area contributed by atoms with Crippen LogP contribution in [0.3, 0.4) is 0 Å². The summed E-state index contributed by atoms with van der Waals surface area (Å²) in [4.78, 5) is 11.4. The Morgan fingerprint density at radius 2 is 1.60 bits per heavy atom. The topological polar surface area (TPSA) is 57.5 Å². The fourth-order valence-corrected chi connectivity index (χ4v) is 3.70. The molecule has 2 N–H and O–H groups in total. The van der Waals surface area contributed by atoms with E-state index in [1.165, 1.54) is 0 Å². The minimum atomic E-state index is -0.936. The highest BCUT2D eigenvalue weighted by molar-refractivity contribution is 5.78. The molecular formula is C12H20O3. The molecule has 0 bridgehead atoms. The molecule has 0 aliphatic heterocycles. The summed E-state index contributed by atoms with van der Waals surface area (Å²) in [5, 5.41) is 19.9. The molecule has 0 aromatic rings. The van der Waals surface area contributed by atoms with Crippen molar-refractivity contribution in [2.75, 3.05) is 0 Å². The Morgan fingerprint density at radius 3 is 1.93 bits per heavy atom. The van der Waals surface area contributed by atoms with Gasteiger partial charge in [0.05, 0.1) is 11.0 Å². The summed E-state index contributed by atoms with van der Waals surface area (Å²) in [5.41, 5.74) is -1.71. The van der Waals surface area contributed by atoms with Crippen molar-refractivity contribution >= 4 is 5.97 Å². The first-order valence-electron chi connectivity index (χ1n) is 5.77. The second-order valence-corrected chi connectivity index (χ2v) is 6.14. The first-order valence-corrected chi connectivity index (χ1v) is 5.77. The second-order valence-electron chi connectivity index (χ2n) is 6.14. The average Bonchev–Trinajstić information content (AvgIpc) is 2.48. The van der Waals surface area contributed by atoms with Crippen LogP contribution in [0.25, 0.3) is 0 Å².